The van der Waals surface area contributed by atoms with E-state index in [-0.39, 0.29) is 31.1 Å². The molecule has 0 fully saturated rings. The van der Waals surface area contributed by atoms with Gasteiger partial charge >= 0.3 is 17.9 Å². The first-order valence-electron chi connectivity index (χ1n) is 32.7. The molecule has 0 spiro atoms. The van der Waals surface area contributed by atoms with Crippen molar-refractivity contribution in [1.29, 1.82) is 0 Å². The van der Waals surface area contributed by atoms with Crippen molar-refractivity contribution in [3.63, 3.8) is 0 Å². The molecule has 6 heteroatoms. The number of esters is 3. The fourth-order valence-electron chi connectivity index (χ4n) is 8.83. The highest BCUT2D eigenvalue weighted by Crippen LogP contribution is 2.16. The molecule has 0 aromatic rings. The minimum atomic E-state index is -0.782. The highest BCUT2D eigenvalue weighted by atomic mass is 16.6. The first-order valence-corrected chi connectivity index (χ1v) is 32.7. The van der Waals surface area contributed by atoms with E-state index in [9.17, 15) is 14.4 Å². The molecule has 1 unspecified atom stereocenters. The molecular weight excluding hydrogens is 973 g/mol. The van der Waals surface area contributed by atoms with Crippen LogP contribution in [0.25, 0.3) is 0 Å². The molecule has 0 aromatic carbocycles. The molecule has 448 valence electrons. The van der Waals surface area contributed by atoms with Gasteiger partial charge < -0.3 is 14.2 Å². The van der Waals surface area contributed by atoms with Crippen molar-refractivity contribution < 1.29 is 28.6 Å². The summed E-state index contributed by atoms with van der Waals surface area (Å²) in [6, 6.07) is 0. The Morgan fingerprint density at radius 3 is 0.772 bits per heavy atom. The monoisotopic (exact) mass is 1090 g/mol. The van der Waals surface area contributed by atoms with Crippen molar-refractivity contribution >= 4 is 17.9 Å². The number of hydrogen-bond acceptors (Lipinski definition) is 6. The third-order valence-corrected chi connectivity index (χ3v) is 13.7. The summed E-state index contributed by atoms with van der Waals surface area (Å²) in [5.41, 5.74) is 0. The van der Waals surface area contributed by atoms with E-state index in [0.29, 0.717) is 19.3 Å². The molecule has 0 heterocycles. The van der Waals surface area contributed by atoms with Crippen molar-refractivity contribution in [2.24, 2.45) is 0 Å². The zero-order valence-electron chi connectivity index (χ0n) is 51.3. The Bertz CT molecular complexity index is 1680. The Hall–Kier alpha value is -4.45. The average Bonchev–Trinajstić information content (AvgIpc) is 3.45. The van der Waals surface area contributed by atoms with Gasteiger partial charge in [0.2, 0.25) is 0 Å². The van der Waals surface area contributed by atoms with E-state index >= 15 is 0 Å². The summed E-state index contributed by atoms with van der Waals surface area (Å²) in [5.74, 6) is -0.903. The van der Waals surface area contributed by atoms with Crippen LogP contribution in [0.3, 0.4) is 0 Å². The van der Waals surface area contributed by atoms with Gasteiger partial charge in [-0.25, -0.2) is 0 Å². The molecule has 0 rings (SSSR count). The lowest BCUT2D eigenvalue weighted by Crippen LogP contribution is -2.30. The van der Waals surface area contributed by atoms with Gasteiger partial charge in [0, 0.05) is 19.3 Å². The number of carbonyl (C=O) groups is 3. The van der Waals surface area contributed by atoms with Crippen LogP contribution in [-0.2, 0) is 28.6 Å². The van der Waals surface area contributed by atoms with Gasteiger partial charge in [0.1, 0.15) is 13.2 Å². The molecule has 0 bridgehead atoms. The van der Waals surface area contributed by atoms with E-state index in [2.05, 4.69) is 154 Å². The maximum absolute atomic E-state index is 12.8. The van der Waals surface area contributed by atoms with Crippen molar-refractivity contribution in [1.82, 2.24) is 0 Å². The third-order valence-electron chi connectivity index (χ3n) is 13.7. The molecule has 0 aliphatic heterocycles. The summed E-state index contributed by atoms with van der Waals surface area (Å²) < 4.78 is 16.8. The second-order valence-corrected chi connectivity index (χ2v) is 21.3. The zero-order valence-corrected chi connectivity index (χ0v) is 51.3. The first kappa shape index (κ1) is 74.5. The van der Waals surface area contributed by atoms with Gasteiger partial charge in [0.15, 0.2) is 6.10 Å². The van der Waals surface area contributed by atoms with Crippen molar-refractivity contribution in [2.75, 3.05) is 13.2 Å². The molecule has 0 aliphatic rings. The van der Waals surface area contributed by atoms with E-state index in [0.717, 1.165) is 141 Å². The third kappa shape index (κ3) is 64.3. The second kappa shape index (κ2) is 66.1. The van der Waals surface area contributed by atoms with Crippen LogP contribution in [-0.4, -0.2) is 37.2 Å². The lowest BCUT2D eigenvalue weighted by atomic mass is 10.0. The Kier molecular flexibility index (Phi) is 62.3. The first-order chi connectivity index (χ1) is 39.0. The van der Waals surface area contributed by atoms with Crippen LogP contribution in [0.15, 0.2) is 134 Å². The number of allylic oxidation sites excluding steroid dienone is 22. The summed E-state index contributed by atoms with van der Waals surface area (Å²) in [4.78, 5) is 37.9. The summed E-state index contributed by atoms with van der Waals surface area (Å²) >= 11 is 0. The second-order valence-electron chi connectivity index (χ2n) is 21.3. The van der Waals surface area contributed by atoms with Gasteiger partial charge in [-0.05, 0) is 116 Å². The van der Waals surface area contributed by atoms with E-state index in [1.165, 1.54) is 109 Å². The summed E-state index contributed by atoms with van der Waals surface area (Å²) in [7, 11) is 0. The maximum atomic E-state index is 12.8. The van der Waals surface area contributed by atoms with Crippen LogP contribution in [0.5, 0.6) is 0 Å². The maximum Gasteiger partial charge on any atom is 0.306 e. The topological polar surface area (TPSA) is 78.9 Å². The number of hydrogen-bond donors (Lipinski definition) is 0. The fraction of sp³-hybridized carbons (Fsp3) is 0.658. The van der Waals surface area contributed by atoms with Gasteiger partial charge in [0.05, 0.1) is 0 Å². The van der Waals surface area contributed by atoms with Crippen LogP contribution in [0.4, 0.5) is 0 Å². The molecule has 0 amide bonds. The molecule has 0 aromatic heterocycles. The molecule has 0 saturated heterocycles. The van der Waals surface area contributed by atoms with Gasteiger partial charge in [-0.1, -0.05) is 289 Å². The predicted octanol–water partition coefficient (Wildman–Crippen LogP) is 22.5. The molecule has 0 N–H and O–H groups in total. The lowest BCUT2D eigenvalue weighted by molar-refractivity contribution is -0.167. The lowest BCUT2D eigenvalue weighted by Gasteiger charge is -2.18. The van der Waals surface area contributed by atoms with Gasteiger partial charge in [-0.15, -0.1) is 0 Å². The standard InChI is InChI=1S/C73H120O6/c1-4-7-10-13-15-17-19-21-23-25-27-29-30-31-32-33-34-35-36-37-38-39-40-41-42-44-45-47-49-51-53-55-57-60-63-66-72(75)78-69-70(68-77-71(74)65-62-59-12-9-6-3)79-73(76)67-64-61-58-56-54-52-50-48-46-43-28-26-24-22-20-18-16-14-11-8-5-2/h7-8,10-11,15-18,21-24,27-29,31-32,34-35,37-38,43,70H,4-6,9,12-14,19-20,25-26,30,33,36,39-42,44-69H2,1-3H3/b10-7-,11-8-,17-15-,18-16-,23-21-,24-22-,29-27-,32-31-,35-34-,38-37-,43-28-. The predicted molar refractivity (Wildman–Crippen MR) is 343 cm³/mol. The quantitative estimate of drug-likeness (QED) is 0.0261. The highest BCUT2D eigenvalue weighted by Gasteiger charge is 2.19. The minimum absolute atomic E-state index is 0.0830. The fourth-order valence-corrected chi connectivity index (χ4v) is 8.83. The van der Waals surface area contributed by atoms with E-state index < -0.39 is 6.10 Å². The Labute approximate surface area is 487 Å². The van der Waals surface area contributed by atoms with Gasteiger partial charge in [-0.3, -0.25) is 14.4 Å². The van der Waals surface area contributed by atoms with Crippen LogP contribution < -0.4 is 0 Å². The molecule has 0 radical (unpaired) electrons. The number of unbranched alkanes of at least 4 members (excludes halogenated alkanes) is 25. The van der Waals surface area contributed by atoms with E-state index in [1.54, 1.807) is 0 Å². The van der Waals surface area contributed by atoms with Crippen LogP contribution in [0, 0.1) is 0 Å². The summed E-state index contributed by atoms with van der Waals surface area (Å²) in [5, 5.41) is 0. The van der Waals surface area contributed by atoms with Gasteiger partial charge in [-0.2, -0.15) is 0 Å². The molecule has 0 aliphatic carbocycles. The Morgan fingerprint density at radius 1 is 0.266 bits per heavy atom. The Morgan fingerprint density at radius 2 is 0.494 bits per heavy atom. The van der Waals surface area contributed by atoms with Crippen molar-refractivity contribution in [3.05, 3.63) is 134 Å². The molecule has 79 heavy (non-hydrogen) atoms. The average molecular weight is 1090 g/mol. The normalized spacial score (nSPS) is 13.0. The molecular formula is C73H120O6. The Balaban J connectivity index is 4.02. The number of rotatable bonds is 58. The van der Waals surface area contributed by atoms with Crippen LogP contribution in [0.2, 0.25) is 0 Å². The molecule has 0 saturated carbocycles. The van der Waals surface area contributed by atoms with E-state index in [1.807, 2.05) is 0 Å². The summed E-state index contributed by atoms with van der Waals surface area (Å²) in [6.07, 6.45) is 93.7. The zero-order chi connectivity index (χ0) is 57.1. The smallest absolute Gasteiger partial charge is 0.306 e. The molecule has 6 nitrogen and oxygen atoms in total. The number of carbonyl (C=O) groups excluding carboxylic acids is 3. The molecule has 1 atom stereocenters. The minimum Gasteiger partial charge on any atom is -0.462 e. The highest BCUT2D eigenvalue weighted by molar-refractivity contribution is 5.71. The van der Waals surface area contributed by atoms with Crippen molar-refractivity contribution in [2.45, 2.75) is 297 Å². The summed E-state index contributed by atoms with van der Waals surface area (Å²) in [6.45, 7) is 6.33. The largest absolute Gasteiger partial charge is 0.462 e. The van der Waals surface area contributed by atoms with Crippen LogP contribution in [0.1, 0.15) is 290 Å². The van der Waals surface area contributed by atoms with Crippen LogP contribution >= 0.6 is 0 Å². The SMILES string of the molecule is CC/C=C\C/C=C\C/C=C\C/C=C\C/C=C\C/C=C\C/C=C\CCCCCCCCCCCCCCCC(=O)OCC(COC(=O)CCCCCCC)OC(=O)CCCCCCCCCC/C=C\C/C=C\C/C=C\C/C=C\CC. The van der Waals surface area contributed by atoms with Gasteiger partial charge in [0.25, 0.3) is 0 Å². The number of ether oxygens (including phenoxy) is 3. The van der Waals surface area contributed by atoms with E-state index in [4.69, 9.17) is 14.2 Å². The van der Waals surface area contributed by atoms with Crippen molar-refractivity contribution in [3.8, 4) is 0 Å².